The largest absolute Gasteiger partial charge is 0.550 e. The maximum Gasteiger partial charge on any atom is 0.227 e. The van der Waals surface area contributed by atoms with Gasteiger partial charge in [0.15, 0.2) is 0 Å². The van der Waals surface area contributed by atoms with Gasteiger partial charge >= 0.3 is 0 Å². The molecule has 5 nitrogen and oxygen atoms in total. The van der Waals surface area contributed by atoms with Crippen molar-refractivity contribution in [3.8, 4) is 0 Å². The lowest BCUT2D eigenvalue weighted by Gasteiger charge is -2.24. The standard InChI is InChI=1S/C11H13NO4/c1-2-5-12-10(13)8-6-3-4-7(16-6)9(8)11(14)15/h2-4,6-9H,1,5H2,(H,12,13)(H,14,15)/p-1/t6-,7+,8+,9-/m0/s1. The molecule has 0 aromatic rings. The molecule has 2 bridgehead atoms. The summed E-state index contributed by atoms with van der Waals surface area (Å²) < 4.78 is 5.34. The predicted molar refractivity (Wildman–Crippen MR) is 53.0 cm³/mol. The molecule has 0 aliphatic carbocycles. The lowest BCUT2D eigenvalue weighted by Crippen LogP contribution is -2.47. The van der Waals surface area contributed by atoms with Crippen LogP contribution in [0.2, 0.25) is 0 Å². The molecule has 16 heavy (non-hydrogen) atoms. The molecule has 1 saturated heterocycles. The van der Waals surface area contributed by atoms with Gasteiger partial charge in [-0.1, -0.05) is 18.2 Å². The maximum absolute atomic E-state index is 11.7. The minimum atomic E-state index is -1.24. The summed E-state index contributed by atoms with van der Waals surface area (Å²) in [5.41, 5.74) is 0. The van der Waals surface area contributed by atoms with Gasteiger partial charge in [-0.3, -0.25) is 4.79 Å². The molecular weight excluding hydrogens is 210 g/mol. The second kappa shape index (κ2) is 4.09. The Bertz CT molecular complexity index is 363. The topological polar surface area (TPSA) is 78.5 Å². The van der Waals surface area contributed by atoms with Gasteiger partial charge in [-0.05, 0) is 0 Å². The van der Waals surface area contributed by atoms with E-state index in [1.165, 1.54) is 6.08 Å². The van der Waals surface area contributed by atoms with Crippen LogP contribution in [0.15, 0.2) is 24.8 Å². The van der Waals surface area contributed by atoms with E-state index in [-0.39, 0.29) is 5.91 Å². The third-order valence-electron chi connectivity index (χ3n) is 2.90. The van der Waals surface area contributed by atoms with Crippen LogP contribution in [0, 0.1) is 11.8 Å². The summed E-state index contributed by atoms with van der Waals surface area (Å²) in [6.07, 6.45) is 3.95. The summed E-state index contributed by atoms with van der Waals surface area (Å²) in [6, 6.07) is 0. The van der Waals surface area contributed by atoms with Gasteiger partial charge < -0.3 is 20.0 Å². The first-order valence-corrected chi connectivity index (χ1v) is 5.08. The average molecular weight is 222 g/mol. The zero-order chi connectivity index (χ0) is 11.7. The molecule has 4 atom stereocenters. The molecule has 5 heteroatoms. The zero-order valence-electron chi connectivity index (χ0n) is 8.59. The third kappa shape index (κ3) is 1.63. The van der Waals surface area contributed by atoms with E-state index in [4.69, 9.17) is 4.74 Å². The predicted octanol–water partition coefficient (Wildman–Crippen LogP) is -1.39. The van der Waals surface area contributed by atoms with Crippen molar-refractivity contribution in [2.75, 3.05) is 6.54 Å². The van der Waals surface area contributed by atoms with Crippen LogP contribution in [-0.4, -0.2) is 30.6 Å². The Morgan fingerprint density at radius 1 is 1.38 bits per heavy atom. The molecule has 0 aromatic heterocycles. The number of fused-ring (bicyclic) bond motifs is 2. The van der Waals surface area contributed by atoms with Gasteiger partial charge in [-0.25, -0.2) is 0 Å². The number of hydrogen-bond donors (Lipinski definition) is 1. The lowest BCUT2D eigenvalue weighted by molar-refractivity contribution is -0.313. The molecule has 2 heterocycles. The summed E-state index contributed by atoms with van der Waals surface area (Å²) >= 11 is 0. The Balaban J connectivity index is 2.13. The molecule has 0 saturated carbocycles. The number of carbonyl (C=O) groups excluding carboxylic acids is 2. The van der Waals surface area contributed by atoms with Gasteiger partial charge in [0.1, 0.15) is 0 Å². The van der Waals surface area contributed by atoms with Crippen LogP contribution < -0.4 is 10.4 Å². The first-order chi connectivity index (χ1) is 7.65. The molecule has 0 aromatic carbocycles. The van der Waals surface area contributed by atoms with Gasteiger partial charge in [0.25, 0.3) is 0 Å². The van der Waals surface area contributed by atoms with Crippen LogP contribution in [0.3, 0.4) is 0 Å². The summed E-state index contributed by atoms with van der Waals surface area (Å²) in [6.45, 7) is 3.79. The Kier molecular flexibility index (Phi) is 2.78. The monoisotopic (exact) mass is 222 g/mol. The highest BCUT2D eigenvalue weighted by molar-refractivity contribution is 5.86. The third-order valence-corrected chi connectivity index (χ3v) is 2.90. The van der Waals surface area contributed by atoms with Crippen molar-refractivity contribution < 1.29 is 19.4 Å². The van der Waals surface area contributed by atoms with Crippen LogP contribution in [0.1, 0.15) is 0 Å². The fourth-order valence-electron chi connectivity index (χ4n) is 2.19. The molecule has 1 N–H and O–H groups in total. The molecular formula is C11H12NO4-. The molecule has 0 spiro atoms. The summed E-state index contributed by atoms with van der Waals surface area (Å²) in [4.78, 5) is 22.7. The smallest absolute Gasteiger partial charge is 0.227 e. The highest BCUT2D eigenvalue weighted by Gasteiger charge is 2.49. The normalized spacial score (nSPS) is 35.0. The van der Waals surface area contributed by atoms with Gasteiger partial charge in [0, 0.05) is 18.4 Å². The minimum Gasteiger partial charge on any atom is -0.550 e. The minimum absolute atomic E-state index is 0.316. The van der Waals surface area contributed by atoms with Crippen LogP contribution >= 0.6 is 0 Å². The van der Waals surface area contributed by atoms with E-state index in [1.54, 1.807) is 12.2 Å². The molecule has 2 rings (SSSR count). The number of rotatable bonds is 4. The molecule has 1 fully saturated rings. The van der Waals surface area contributed by atoms with Gasteiger partial charge in [0.2, 0.25) is 5.91 Å². The van der Waals surface area contributed by atoms with E-state index in [9.17, 15) is 14.7 Å². The van der Waals surface area contributed by atoms with Crippen LogP contribution in [-0.2, 0) is 14.3 Å². The number of carboxylic acids is 1. The Hall–Kier alpha value is -1.62. The van der Waals surface area contributed by atoms with E-state index < -0.39 is 30.0 Å². The zero-order valence-corrected chi connectivity index (χ0v) is 8.59. The summed E-state index contributed by atoms with van der Waals surface area (Å²) in [5.74, 6) is -3.15. The molecule has 86 valence electrons. The number of carbonyl (C=O) groups is 2. The van der Waals surface area contributed by atoms with Gasteiger partial charge in [-0.15, -0.1) is 6.58 Å². The Morgan fingerprint density at radius 3 is 2.56 bits per heavy atom. The molecule has 0 radical (unpaired) electrons. The van der Waals surface area contributed by atoms with Crippen molar-refractivity contribution in [1.82, 2.24) is 5.32 Å². The molecule has 0 unspecified atom stereocenters. The van der Waals surface area contributed by atoms with E-state index in [0.29, 0.717) is 6.54 Å². The van der Waals surface area contributed by atoms with Crippen LogP contribution in [0.5, 0.6) is 0 Å². The number of carboxylic acid groups (broad SMARTS) is 1. The average Bonchev–Trinajstić information content (AvgIpc) is 2.84. The van der Waals surface area contributed by atoms with Crippen LogP contribution in [0.4, 0.5) is 0 Å². The molecule has 2 aliphatic rings. The fourth-order valence-corrected chi connectivity index (χ4v) is 2.19. The highest BCUT2D eigenvalue weighted by atomic mass is 16.5. The summed E-state index contributed by atoms with van der Waals surface area (Å²) in [7, 11) is 0. The van der Waals surface area contributed by atoms with Crippen LogP contribution in [0.25, 0.3) is 0 Å². The number of aliphatic carboxylic acids is 1. The van der Waals surface area contributed by atoms with Crippen molar-refractivity contribution in [2.45, 2.75) is 12.2 Å². The molecule has 2 aliphatic heterocycles. The van der Waals surface area contributed by atoms with Crippen molar-refractivity contribution >= 4 is 11.9 Å². The number of nitrogens with one attached hydrogen (secondary N) is 1. The SMILES string of the molecule is C=CCNC(=O)[C@H]1[C@@H](C(=O)[O-])[C@H]2C=C[C@@H]1O2. The van der Waals surface area contributed by atoms with Crippen molar-refractivity contribution in [1.29, 1.82) is 0 Å². The van der Waals surface area contributed by atoms with Crippen molar-refractivity contribution in [2.24, 2.45) is 11.8 Å². The van der Waals surface area contributed by atoms with E-state index in [1.807, 2.05) is 0 Å². The second-order valence-corrected chi connectivity index (χ2v) is 3.85. The van der Waals surface area contributed by atoms with Crippen molar-refractivity contribution in [3.05, 3.63) is 24.8 Å². The van der Waals surface area contributed by atoms with E-state index in [0.717, 1.165) is 0 Å². The maximum atomic E-state index is 11.7. The Labute approximate surface area is 92.8 Å². The first kappa shape index (κ1) is 10.9. The second-order valence-electron chi connectivity index (χ2n) is 3.85. The van der Waals surface area contributed by atoms with E-state index >= 15 is 0 Å². The quantitative estimate of drug-likeness (QED) is 0.594. The lowest BCUT2D eigenvalue weighted by atomic mass is 9.82. The fraction of sp³-hybridized carbons (Fsp3) is 0.455. The van der Waals surface area contributed by atoms with Gasteiger partial charge in [0.05, 0.1) is 18.1 Å². The van der Waals surface area contributed by atoms with Gasteiger partial charge in [-0.2, -0.15) is 0 Å². The van der Waals surface area contributed by atoms with E-state index in [2.05, 4.69) is 11.9 Å². The summed E-state index contributed by atoms with van der Waals surface area (Å²) in [5, 5.41) is 13.5. The Morgan fingerprint density at radius 2 is 2.00 bits per heavy atom. The first-order valence-electron chi connectivity index (χ1n) is 5.08. The molecule has 1 amide bonds. The van der Waals surface area contributed by atoms with Crippen molar-refractivity contribution in [3.63, 3.8) is 0 Å². The number of amides is 1. The number of ether oxygens (including phenoxy) is 1. The highest BCUT2D eigenvalue weighted by Crippen LogP contribution is 2.38. The number of hydrogen-bond acceptors (Lipinski definition) is 4.